The van der Waals surface area contributed by atoms with Gasteiger partial charge in [-0.25, -0.2) is 0 Å². The maximum Gasteiger partial charge on any atom is 0.273 e. The van der Waals surface area contributed by atoms with Crippen LogP contribution in [0.5, 0.6) is 11.5 Å². The van der Waals surface area contributed by atoms with Gasteiger partial charge in [-0.3, -0.25) is 9.48 Å². The third kappa shape index (κ3) is 3.70. The summed E-state index contributed by atoms with van der Waals surface area (Å²) in [6.45, 7) is 7.09. The molecule has 0 unspecified atom stereocenters. The molecule has 0 saturated carbocycles. The fourth-order valence-corrected chi connectivity index (χ4v) is 3.35. The highest BCUT2D eigenvalue weighted by Crippen LogP contribution is 2.34. The van der Waals surface area contributed by atoms with Gasteiger partial charge < -0.3 is 19.3 Å². The van der Waals surface area contributed by atoms with Crippen molar-refractivity contribution >= 4 is 5.91 Å². The Balaban J connectivity index is 1.55. The highest BCUT2D eigenvalue weighted by molar-refractivity contribution is 5.93. The quantitative estimate of drug-likeness (QED) is 0.712. The molecule has 2 aromatic heterocycles. The van der Waals surface area contributed by atoms with E-state index in [1.807, 2.05) is 32.2 Å². The Kier molecular flexibility index (Phi) is 5.00. The van der Waals surface area contributed by atoms with Gasteiger partial charge in [0.1, 0.15) is 13.2 Å². The topological polar surface area (TPSA) is 91.4 Å². The van der Waals surface area contributed by atoms with Gasteiger partial charge >= 0.3 is 0 Å². The van der Waals surface area contributed by atoms with Crippen molar-refractivity contribution in [1.82, 2.24) is 20.3 Å². The predicted molar refractivity (Wildman–Crippen MR) is 106 cm³/mol. The number of carbonyl (C=O) groups excluding carboxylic acids is 1. The highest BCUT2D eigenvalue weighted by atomic mass is 16.6. The molecule has 3 aromatic rings. The van der Waals surface area contributed by atoms with Gasteiger partial charge in [0.05, 0.1) is 17.8 Å². The minimum Gasteiger partial charge on any atom is -0.486 e. The SMILES string of the molecule is Cc1c(-c2cc(C(=O)N[C@@H](c3ccc4c(c3)OCCO4)C(C)C)no2)cnn1C. The standard InChI is InChI=1S/C21H24N4O4/c1-12(2)20(14-5-6-17-19(9-14)28-8-7-27-17)23-21(26)16-10-18(29-24-16)15-11-22-25(4)13(15)3/h5-6,9-12,20H,7-8H2,1-4H3,(H,23,26)/t20-/m1/s1. The van der Waals surface area contributed by atoms with E-state index in [1.165, 1.54) is 0 Å². The fourth-order valence-electron chi connectivity index (χ4n) is 3.35. The first kappa shape index (κ1) is 19.0. The third-order valence-electron chi connectivity index (χ3n) is 5.12. The molecule has 0 radical (unpaired) electrons. The summed E-state index contributed by atoms with van der Waals surface area (Å²) in [6, 6.07) is 7.18. The van der Waals surface area contributed by atoms with Crippen LogP contribution < -0.4 is 14.8 Å². The van der Waals surface area contributed by atoms with Gasteiger partial charge in [-0.15, -0.1) is 0 Å². The highest BCUT2D eigenvalue weighted by Gasteiger charge is 2.24. The minimum atomic E-state index is -0.296. The second-order valence-electron chi connectivity index (χ2n) is 7.44. The number of carbonyl (C=O) groups is 1. The summed E-state index contributed by atoms with van der Waals surface area (Å²) in [4.78, 5) is 12.8. The summed E-state index contributed by atoms with van der Waals surface area (Å²) in [7, 11) is 1.85. The van der Waals surface area contributed by atoms with Crippen molar-refractivity contribution in [2.75, 3.05) is 13.2 Å². The molecule has 1 atom stereocenters. The molecule has 1 amide bonds. The average molecular weight is 396 g/mol. The molecule has 0 aliphatic carbocycles. The lowest BCUT2D eigenvalue weighted by Crippen LogP contribution is -2.32. The van der Waals surface area contributed by atoms with Crippen molar-refractivity contribution in [3.05, 3.63) is 47.4 Å². The molecule has 152 valence electrons. The number of amides is 1. The van der Waals surface area contributed by atoms with Gasteiger partial charge in [0, 0.05) is 18.8 Å². The molecule has 1 aliphatic heterocycles. The smallest absolute Gasteiger partial charge is 0.273 e. The molecular formula is C21H24N4O4. The van der Waals surface area contributed by atoms with Crippen LogP contribution in [-0.4, -0.2) is 34.1 Å². The van der Waals surface area contributed by atoms with Gasteiger partial charge in [-0.1, -0.05) is 25.1 Å². The predicted octanol–water partition coefficient (Wildman–Crippen LogP) is 3.28. The Hall–Kier alpha value is -3.29. The molecule has 0 spiro atoms. The largest absolute Gasteiger partial charge is 0.486 e. The van der Waals surface area contributed by atoms with E-state index < -0.39 is 0 Å². The maximum atomic E-state index is 12.8. The molecule has 0 saturated heterocycles. The Labute approximate surface area is 168 Å². The number of fused-ring (bicyclic) bond motifs is 1. The molecule has 0 fully saturated rings. The lowest BCUT2D eigenvalue weighted by atomic mass is 9.95. The number of aromatic nitrogens is 3. The van der Waals surface area contributed by atoms with Crippen molar-refractivity contribution < 1.29 is 18.8 Å². The van der Waals surface area contributed by atoms with Crippen LogP contribution in [-0.2, 0) is 7.05 Å². The van der Waals surface area contributed by atoms with E-state index in [4.69, 9.17) is 14.0 Å². The van der Waals surface area contributed by atoms with E-state index >= 15 is 0 Å². The molecule has 8 nitrogen and oxygen atoms in total. The second kappa shape index (κ2) is 7.62. The van der Waals surface area contributed by atoms with E-state index in [-0.39, 0.29) is 23.6 Å². The summed E-state index contributed by atoms with van der Waals surface area (Å²) < 4.78 is 18.4. The van der Waals surface area contributed by atoms with E-state index in [0.29, 0.717) is 24.7 Å². The van der Waals surface area contributed by atoms with E-state index in [0.717, 1.165) is 22.6 Å². The molecule has 4 rings (SSSR count). The number of rotatable bonds is 5. The number of aryl methyl sites for hydroxylation is 1. The first-order valence-corrected chi connectivity index (χ1v) is 9.60. The van der Waals surface area contributed by atoms with Crippen molar-refractivity contribution in [1.29, 1.82) is 0 Å². The average Bonchev–Trinajstić information content (AvgIpc) is 3.33. The third-order valence-corrected chi connectivity index (χ3v) is 5.12. The van der Waals surface area contributed by atoms with E-state index in [9.17, 15) is 4.79 Å². The second-order valence-corrected chi connectivity index (χ2v) is 7.44. The van der Waals surface area contributed by atoms with E-state index in [1.54, 1.807) is 16.9 Å². The van der Waals surface area contributed by atoms with Crippen molar-refractivity contribution in [3.63, 3.8) is 0 Å². The summed E-state index contributed by atoms with van der Waals surface area (Å²) in [5.41, 5.74) is 2.92. The Morgan fingerprint density at radius 1 is 1.17 bits per heavy atom. The number of benzene rings is 1. The van der Waals surface area contributed by atoms with E-state index in [2.05, 4.69) is 29.4 Å². The first-order valence-electron chi connectivity index (χ1n) is 9.60. The summed E-state index contributed by atoms with van der Waals surface area (Å²) in [5, 5.41) is 11.2. The number of hydrogen-bond acceptors (Lipinski definition) is 6. The van der Waals surface area contributed by atoms with Crippen LogP contribution in [0.25, 0.3) is 11.3 Å². The van der Waals surface area contributed by atoms with Crippen molar-refractivity contribution in [2.45, 2.75) is 26.8 Å². The Morgan fingerprint density at radius 2 is 1.93 bits per heavy atom. The van der Waals surface area contributed by atoms with Crippen LogP contribution in [0.1, 0.15) is 41.6 Å². The normalized spacial score (nSPS) is 14.1. The van der Waals surface area contributed by atoms with Crippen LogP contribution in [0, 0.1) is 12.8 Å². The number of ether oxygens (including phenoxy) is 2. The Morgan fingerprint density at radius 3 is 2.62 bits per heavy atom. The number of hydrogen-bond donors (Lipinski definition) is 1. The van der Waals surface area contributed by atoms with Crippen LogP contribution >= 0.6 is 0 Å². The summed E-state index contributed by atoms with van der Waals surface area (Å²) in [6.07, 6.45) is 1.70. The number of nitrogens with one attached hydrogen (secondary N) is 1. The van der Waals surface area contributed by atoms with Crippen LogP contribution in [0.3, 0.4) is 0 Å². The zero-order valence-corrected chi connectivity index (χ0v) is 16.9. The molecule has 1 N–H and O–H groups in total. The lowest BCUT2D eigenvalue weighted by Gasteiger charge is -2.25. The zero-order chi connectivity index (χ0) is 20.5. The molecule has 1 aliphatic rings. The molecule has 29 heavy (non-hydrogen) atoms. The van der Waals surface area contributed by atoms with Gasteiger partial charge in [0.2, 0.25) is 0 Å². The fraction of sp³-hybridized carbons (Fsp3) is 0.381. The molecule has 0 bridgehead atoms. The monoisotopic (exact) mass is 396 g/mol. The van der Waals surface area contributed by atoms with Crippen LogP contribution in [0.2, 0.25) is 0 Å². The summed E-state index contributed by atoms with van der Waals surface area (Å²) >= 11 is 0. The molecule has 8 heteroatoms. The van der Waals surface area contributed by atoms with Crippen molar-refractivity contribution in [3.8, 4) is 22.8 Å². The number of nitrogens with zero attached hydrogens (tertiary/aromatic N) is 3. The molecule has 3 heterocycles. The van der Waals surface area contributed by atoms with Gasteiger partial charge in [0.15, 0.2) is 23.0 Å². The van der Waals surface area contributed by atoms with Gasteiger partial charge in [-0.2, -0.15) is 5.10 Å². The zero-order valence-electron chi connectivity index (χ0n) is 16.9. The first-order chi connectivity index (χ1) is 13.9. The van der Waals surface area contributed by atoms with Gasteiger partial charge in [-0.05, 0) is 30.5 Å². The minimum absolute atomic E-state index is 0.161. The molecular weight excluding hydrogens is 372 g/mol. The van der Waals surface area contributed by atoms with Crippen LogP contribution in [0.15, 0.2) is 35.0 Å². The van der Waals surface area contributed by atoms with Crippen molar-refractivity contribution in [2.24, 2.45) is 13.0 Å². The van der Waals surface area contributed by atoms with Crippen LogP contribution in [0.4, 0.5) is 0 Å². The maximum absolute atomic E-state index is 12.8. The summed E-state index contributed by atoms with van der Waals surface area (Å²) in [5.74, 6) is 1.80. The lowest BCUT2D eigenvalue weighted by molar-refractivity contribution is 0.0916. The Bertz CT molecular complexity index is 1040. The molecule has 1 aromatic carbocycles. The van der Waals surface area contributed by atoms with Gasteiger partial charge in [0.25, 0.3) is 5.91 Å².